The van der Waals surface area contributed by atoms with Crippen LogP contribution in [0.3, 0.4) is 0 Å². The molecular weight excluding hydrogens is 191 g/mol. The number of hydrogen-bond donors (Lipinski definition) is 0. The summed E-state index contributed by atoms with van der Waals surface area (Å²) in [5, 5.41) is 0. The van der Waals surface area contributed by atoms with Gasteiger partial charge in [-0.1, -0.05) is 26.8 Å². The summed E-state index contributed by atoms with van der Waals surface area (Å²) >= 11 is 0. The van der Waals surface area contributed by atoms with Gasteiger partial charge >= 0.3 is 0 Å². The third-order valence-corrected chi connectivity index (χ3v) is 2.42. The van der Waals surface area contributed by atoms with E-state index in [9.17, 15) is 4.39 Å². The highest BCUT2D eigenvalue weighted by molar-refractivity contribution is 5.37. The first-order valence-corrected chi connectivity index (χ1v) is 5.48. The van der Waals surface area contributed by atoms with Crippen LogP contribution in [0, 0.1) is 0 Å². The molecule has 0 N–H and O–H groups in total. The van der Waals surface area contributed by atoms with Crippen molar-refractivity contribution >= 4 is 0 Å². The maximum absolute atomic E-state index is 12.7. The monoisotopic (exact) mass is 210 g/mol. The predicted molar refractivity (Wildman–Crippen MR) is 61.1 cm³/mol. The summed E-state index contributed by atoms with van der Waals surface area (Å²) in [5.41, 5.74) is 2.56. The molecule has 15 heavy (non-hydrogen) atoms. The molecule has 1 unspecified atom stereocenters. The molecule has 0 heterocycles. The minimum absolute atomic E-state index is 0.443. The van der Waals surface area contributed by atoms with E-state index < -0.39 is 6.36 Å². The minimum atomic E-state index is -1.25. The van der Waals surface area contributed by atoms with E-state index in [1.807, 2.05) is 18.2 Å². The second-order valence-corrected chi connectivity index (χ2v) is 4.03. The minimum Gasteiger partial charge on any atom is -0.461 e. The maximum Gasteiger partial charge on any atom is 0.235 e. The van der Waals surface area contributed by atoms with Crippen molar-refractivity contribution in [3.63, 3.8) is 0 Å². The second-order valence-electron chi connectivity index (χ2n) is 4.03. The topological polar surface area (TPSA) is 9.23 Å². The van der Waals surface area contributed by atoms with E-state index in [0.29, 0.717) is 11.7 Å². The van der Waals surface area contributed by atoms with Crippen LogP contribution in [0.4, 0.5) is 4.39 Å². The van der Waals surface area contributed by atoms with Crippen molar-refractivity contribution in [2.24, 2.45) is 0 Å². The Balaban J connectivity index is 2.99. The lowest BCUT2D eigenvalue weighted by atomic mass is 9.95. The average molecular weight is 210 g/mol. The molecule has 0 bridgehead atoms. The third kappa shape index (κ3) is 3.22. The lowest BCUT2D eigenvalue weighted by molar-refractivity contribution is 0.0859. The number of hydrogen-bond acceptors (Lipinski definition) is 1. The van der Waals surface area contributed by atoms with Crippen LogP contribution in [0.1, 0.15) is 44.7 Å². The lowest BCUT2D eigenvalue weighted by Crippen LogP contribution is -2.05. The Labute approximate surface area is 91.3 Å². The molecule has 0 radical (unpaired) electrons. The Morgan fingerprint density at radius 2 is 1.93 bits per heavy atom. The lowest BCUT2D eigenvalue weighted by Gasteiger charge is -2.14. The van der Waals surface area contributed by atoms with E-state index in [0.717, 1.165) is 6.42 Å². The van der Waals surface area contributed by atoms with Gasteiger partial charge in [-0.3, -0.25) is 0 Å². The van der Waals surface area contributed by atoms with Crippen LogP contribution >= 0.6 is 0 Å². The standard InChI is InChI=1S/C13H19FO/c1-5-11-6-7-12(15-10(4)14)8-13(11)9(2)3/h6-10H,5H2,1-4H3. The van der Waals surface area contributed by atoms with Crippen molar-refractivity contribution in [2.45, 2.75) is 46.4 Å². The Hall–Kier alpha value is -1.05. The van der Waals surface area contributed by atoms with Gasteiger partial charge < -0.3 is 4.74 Å². The molecule has 0 aliphatic carbocycles. The summed E-state index contributed by atoms with van der Waals surface area (Å²) in [6.07, 6.45) is -0.253. The molecule has 1 aromatic carbocycles. The SMILES string of the molecule is CCc1ccc(OC(C)F)cc1C(C)C. The van der Waals surface area contributed by atoms with Crippen molar-refractivity contribution in [1.82, 2.24) is 0 Å². The maximum atomic E-state index is 12.7. The normalized spacial score (nSPS) is 12.9. The smallest absolute Gasteiger partial charge is 0.235 e. The van der Waals surface area contributed by atoms with Crippen LogP contribution in [0.5, 0.6) is 5.75 Å². The van der Waals surface area contributed by atoms with Gasteiger partial charge in [0.1, 0.15) is 5.75 Å². The largest absolute Gasteiger partial charge is 0.461 e. The first-order valence-electron chi connectivity index (χ1n) is 5.48. The Morgan fingerprint density at radius 3 is 2.40 bits per heavy atom. The van der Waals surface area contributed by atoms with Gasteiger partial charge in [-0.2, -0.15) is 0 Å². The van der Waals surface area contributed by atoms with Gasteiger partial charge in [0.05, 0.1) is 0 Å². The number of ether oxygens (including phenoxy) is 1. The van der Waals surface area contributed by atoms with Gasteiger partial charge in [0, 0.05) is 6.92 Å². The molecule has 0 aliphatic heterocycles. The number of alkyl halides is 1. The molecular formula is C13H19FO. The summed E-state index contributed by atoms with van der Waals surface area (Å²) in [6, 6.07) is 5.80. The van der Waals surface area contributed by atoms with Crippen LogP contribution in [-0.4, -0.2) is 6.36 Å². The number of benzene rings is 1. The van der Waals surface area contributed by atoms with Crippen LogP contribution < -0.4 is 4.74 Å². The average Bonchev–Trinajstić information content (AvgIpc) is 2.16. The Bertz CT molecular complexity index is 318. The first kappa shape index (κ1) is 12.0. The summed E-state index contributed by atoms with van der Waals surface area (Å²) < 4.78 is 17.7. The van der Waals surface area contributed by atoms with Crippen molar-refractivity contribution in [2.75, 3.05) is 0 Å². The molecule has 1 nitrogen and oxygen atoms in total. The van der Waals surface area contributed by atoms with Gasteiger partial charge in [-0.25, -0.2) is 4.39 Å². The Morgan fingerprint density at radius 1 is 1.27 bits per heavy atom. The number of rotatable bonds is 4. The van der Waals surface area contributed by atoms with E-state index in [2.05, 4.69) is 20.8 Å². The predicted octanol–water partition coefficient (Wildman–Crippen LogP) is 4.07. The Kier molecular flexibility index (Phi) is 4.13. The van der Waals surface area contributed by atoms with Crippen molar-refractivity contribution < 1.29 is 9.13 Å². The first-order chi connectivity index (χ1) is 7.04. The number of halogens is 1. The van der Waals surface area contributed by atoms with Crippen molar-refractivity contribution in [3.8, 4) is 5.75 Å². The van der Waals surface area contributed by atoms with Crippen molar-refractivity contribution in [1.29, 1.82) is 0 Å². The van der Waals surface area contributed by atoms with Gasteiger partial charge in [0.25, 0.3) is 0 Å². The molecule has 0 saturated heterocycles. The van der Waals surface area contributed by atoms with Crippen LogP contribution in [-0.2, 0) is 6.42 Å². The van der Waals surface area contributed by atoms with E-state index in [1.165, 1.54) is 18.1 Å². The van der Waals surface area contributed by atoms with Crippen LogP contribution in [0.2, 0.25) is 0 Å². The van der Waals surface area contributed by atoms with Crippen LogP contribution in [0.25, 0.3) is 0 Å². The zero-order valence-corrected chi connectivity index (χ0v) is 9.88. The fraction of sp³-hybridized carbons (Fsp3) is 0.538. The highest BCUT2D eigenvalue weighted by atomic mass is 19.1. The highest BCUT2D eigenvalue weighted by Gasteiger charge is 2.08. The molecule has 1 aromatic rings. The van der Waals surface area contributed by atoms with Gasteiger partial charge in [0.2, 0.25) is 6.36 Å². The zero-order chi connectivity index (χ0) is 11.4. The molecule has 84 valence electrons. The molecule has 1 atom stereocenters. The molecule has 2 heteroatoms. The van der Waals surface area contributed by atoms with Gasteiger partial charge in [0.15, 0.2) is 0 Å². The molecule has 0 spiro atoms. The summed E-state index contributed by atoms with van der Waals surface area (Å²) in [6.45, 7) is 7.79. The highest BCUT2D eigenvalue weighted by Crippen LogP contribution is 2.25. The summed E-state index contributed by atoms with van der Waals surface area (Å²) in [4.78, 5) is 0. The fourth-order valence-corrected chi connectivity index (χ4v) is 1.69. The number of aryl methyl sites for hydroxylation is 1. The summed E-state index contributed by atoms with van der Waals surface area (Å²) in [5.74, 6) is 1.06. The van der Waals surface area contributed by atoms with E-state index in [4.69, 9.17) is 4.74 Å². The van der Waals surface area contributed by atoms with Gasteiger partial charge in [-0.15, -0.1) is 0 Å². The van der Waals surface area contributed by atoms with E-state index in [-0.39, 0.29) is 0 Å². The zero-order valence-electron chi connectivity index (χ0n) is 9.88. The van der Waals surface area contributed by atoms with E-state index in [1.54, 1.807) is 0 Å². The molecule has 1 rings (SSSR count). The third-order valence-electron chi connectivity index (χ3n) is 2.42. The molecule has 0 amide bonds. The molecule has 0 aliphatic rings. The van der Waals surface area contributed by atoms with Gasteiger partial charge in [-0.05, 0) is 35.6 Å². The molecule has 0 fully saturated rings. The van der Waals surface area contributed by atoms with E-state index >= 15 is 0 Å². The summed E-state index contributed by atoms with van der Waals surface area (Å²) in [7, 11) is 0. The fourth-order valence-electron chi connectivity index (χ4n) is 1.69. The van der Waals surface area contributed by atoms with Crippen LogP contribution in [0.15, 0.2) is 18.2 Å². The van der Waals surface area contributed by atoms with Crippen molar-refractivity contribution in [3.05, 3.63) is 29.3 Å². The second kappa shape index (κ2) is 5.15. The molecule has 0 saturated carbocycles. The molecule has 0 aromatic heterocycles. The quantitative estimate of drug-likeness (QED) is 0.728.